The standard InChI is InChI=1S/C17H14FNO5S/c18-13-8-4-7-12(9-13)15-14(20)16(17(19)23-15)24-25(21,22)10-11-5-2-1-3-6-11/h1-9,15H,10,19H2/i10D2,15D. The number of ketones is 1. The van der Waals surface area contributed by atoms with Crippen molar-refractivity contribution in [2.24, 2.45) is 5.73 Å². The van der Waals surface area contributed by atoms with Gasteiger partial charge in [0.25, 0.3) is 0 Å². The predicted molar refractivity (Wildman–Crippen MR) is 86.6 cm³/mol. The number of hydrogen-bond donors (Lipinski definition) is 1. The van der Waals surface area contributed by atoms with Gasteiger partial charge in [0.15, 0.2) is 6.08 Å². The van der Waals surface area contributed by atoms with Crippen molar-refractivity contribution in [1.82, 2.24) is 0 Å². The zero-order valence-electron chi connectivity index (χ0n) is 15.6. The molecule has 2 aromatic rings. The van der Waals surface area contributed by atoms with Crippen LogP contribution in [-0.4, -0.2) is 14.2 Å². The van der Waals surface area contributed by atoms with Crippen LogP contribution in [0.3, 0.4) is 0 Å². The molecule has 8 heteroatoms. The Kier molecular flexibility index (Phi) is 3.52. The second-order valence-electron chi connectivity index (χ2n) is 4.97. The summed E-state index contributed by atoms with van der Waals surface area (Å²) in [7, 11) is -5.07. The maximum absolute atomic E-state index is 13.5. The molecule has 0 saturated heterocycles. The summed E-state index contributed by atoms with van der Waals surface area (Å²) >= 11 is 0. The van der Waals surface area contributed by atoms with Crippen LogP contribution in [0.1, 0.15) is 21.3 Å². The van der Waals surface area contributed by atoms with Crippen LogP contribution < -0.4 is 5.73 Å². The van der Waals surface area contributed by atoms with Crippen LogP contribution in [-0.2, 0) is 29.5 Å². The van der Waals surface area contributed by atoms with Crippen LogP contribution in [0.2, 0.25) is 0 Å². The maximum atomic E-state index is 13.5. The van der Waals surface area contributed by atoms with Crippen LogP contribution in [0.25, 0.3) is 0 Å². The van der Waals surface area contributed by atoms with Crippen LogP contribution in [0.4, 0.5) is 4.39 Å². The van der Waals surface area contributed by atoms with Crippen molar-refractivity contribution in [2.45, 2.75) is 11.8 Å². The number of rotatable bonds is 5. The van der Waals surface area contributed by atoms with Crippen LogP contribution in [0.5, 0.6) is 0 Å². The molecule has 0 saturated carbocycles. The summed E-state index contributed by atoms with van der Waals surface area (Å²) in [5.41, 5.74) is 2.03. The first-order valence-corrected chi connectivity index (χ1v) is 8.39. The Balaban J connectivity index is 1.94. The van der Waals surface area contributed by atoms with Gasteiger partial charge in [0, 0.05) is 5.56 Å². The highest BCUT2D eigenvalue weighted by Crippen LogP contribution is 2.32. The lowest BCUT2D eigenvalue weighted by Gasteiger charge is -2.09. The number of halogens is 1. The molecular weight excluding hydrogens is 349 g/mol. The Bertz CT molecular complexity index is 1080. The van der Waals surface area contributed by atoms with E-state index < -0.39 is 45.1 Å². The second kappa shape index (κ2) is 6.56. The van der Waals surface area contributed by atoms with Gasteiger partial charge in [-0.2, -0.15) is 8.42 Å². The van der Waals surface area contributed by atoms with Crippen molar-refractivity contribution in [2.75, 3.05) is 0 Å². The zero-order valence-corrected chi connectivity index (χ0v) is 13.4. The number of nitrogens with two attached hydrogens (primary N) is 1. The molecule has 3 rings (SSSR count). The summed E-state index contributed by atoms with van der Waals surface area (Å²) < 4.78 is 72.0. The summed E-state index contributed by atoms with van der Waals surface area (Å²) in [6, 6.07) is 11.3. The van der Waals surface area contributed by atoms with Gasteiger partial charge in [0.1, 0.15) is 11.5 Å². The topological polar surface area (TPSA) is 95.7 Å². The Labute approximate surface area is 148 Å². The minimum Gasteiger partial charge on any atom is -0.460 e. The number of Topliss-reactive ketones (excluding diaryl/α,β-unsaturated/α-hetero) is 1. The monoisotopic (exact) mass is 366 g/mol. The summed E-state index contributed by atoms with van der Waals surface area (Å²) in [4.78, 5) is 12.6. The van der Waals surface area contributed by atoms with Crippen molar-refractivity contribution >= 4 is 15.9 Å². The average Bonchev–Trinajstić information content (AvgIpc) is 2.86. The van der Waals surface area contributed by atoms with Gasteiger partial charge in [0.05, 0.1) is 4.11 Å². The molecular formula is C17H14FNO5S. The third-order valence-electron chi connectivity index (χ3n) is 3.14. The highest BCUT2D eigenvalue weighted by atomic mass is 32.2. The maximum Gasteiger partial charge on any atom is 0.313 e. The highest BCUT2D eigenvalue weighted by molar-refractivity contribution is 7.86. The molecule has 1 heterocycles. The summed E-state index contributed by atoms with van der Waals surface area (Å²) in [6.07, 6.45) is -2.56. The van der Waals surface area contributed by atoms with Crippen LogP contribution in [0, 0.1) is 5.82 Å². The van der Waals surface area contributed by atoms with Gasteiger partial charge < -0.3 is 14.7 Å². The van der Waals surface area contributed by atoms with E-state index in [9.17, 15) is 17.6 Å². The van der Waals surface area contributed by atoms with E-state index in [4.69, 9.17) is 14.6 Å². The number of hydrogen-bond acceptors (Lipinski definition) is 6. The van der Waals surface area contributed by atoms with E-state index in [2.05, 4.69) is 4.18 Å². The molecule has 2 aromatic carbocycles. The molecule has 130 valence electrons. The summed E-state index contributed by atoms with van der Waals surface area (Å²) in [5.74, 6) is -3.92. The van der Waals surface area contributed by atoms with Gasteiger partial charge in [-0.05, 0) is 17.7 Å². The molecule has 25 heavy (non-hydrogen) atoms. The smallest absolute Gasteiger partial charge is 0.313 e. The third kappa shape index (κ3) is 3.80. The Morgan fingerprint density at radius 3 is 2.64 bits per heavy atom. The molecule has 1 aliphatic rings. The number of benzene rings is 2. The van der Waals surface area contributed by atoms with Gasteiger partial charge >= 0.3 is 10.1 Å². The van der Waals surface area contributed by atoms with E-state index >= 15 is 0 Å². The van der Waals surface area contributed by atoms with E-state index in [0.29, 0.717) is 0 Å². The third-order valence-corrected chi connectivity index (χ3v) is 4.02. The van der Waals surface area contributed by atoms with Crippen LogP contribution in [0.15, 0.2) is 66.2 Å². The molecule has 0 radical (unpaired) electrons. The lowest BCUT2D eigenvalue weighted by molar-refractivity contribution is -0.123. The number of ether oxygens (including phenoxy) is 1. The number of carbonyl (C=O) groups excluding carboxylic acids is 1. The quantitative estimate of drug-likeness (QED) is 0.815. The Morgan fingerprint density at radius 2 is 1.96 bits per heavy atom. The zero-order chi connectivity index (χ0) is 20.7. The lowest BCUT2D eigenvalue weighted by atomic mass is 10.1. The average molecular weight is 366 g/mol. The van der Waals surface area contributed by atoms with Crippen molar-refractivity contribution in [3.8, 4) is 0 Å². The van der Waals surface area contributed by atoms with E-state index in [0.717, 1.165) is 12.1 Å². The number of carbonyl (C=O) groups is 1. The molecule has 0 spiro atoms. The lowest BCUT2D eigenvalue weighted by Crippen LogP contribution is -2.16. The molecule has 6 nitrogen and oxygen atoms in total. The second-order valence-corrected chi connectivity index (χ2v) is 6.25. The molecule has 2 N–H and O–H groups in total. The van der Waals surface area contributed by atoms with Gasteiger partial charge in [-0.25, -0.2) is 4.39 Å². The predicted octanol–water partition coefficient (Wildman–Crippen LogP) is 2.14. The van der Waals surface area contributed by atoms with E-state index in [-0.39, 0.29) is 11.1 Å². The SMILES string of the molecule is [2H]C1(c2cccc(F)c2)OC(N)=C(OS(=O)(=O)C([2H])([2H])c2ccccc2)C1=O. The van der Waals surface area contributed by atoms with E-state index in [1.807, 2.05) is 0 Å². The molecule has 1 unspecified atom stereocenters. The van der Waals surface area contributed by atoms with Crippen molar-refractivity contribution in [3.63, 3.8) is 0 Å². The van der Waals surface area contributed by atoms with E-state index in [1.165, 1.54) is 36.4 Å². The largest absolute Gasteiger partial charge is 0.460 e. The van der Waals surface area contributed by atoms with E-state index in [1.54, 1.807) is 6.07 Å². The van der Waals surface area contributed by atoms with Crippen molar-refractivity contribution in [1.29, 1.82) is 0 Å². The fourth-order valence-corrected chi connectivity index (χ4v) is 2.94. The first-order chi connectivity index (χ1) is 13.0. The normalized spacial score (nSPS) is 22.8. The van der Waals surface area contributed by atoms with Gasteiger partial charge in [0.2, 0.25) is 17.4 Å². The molecule has 0 aliphatic carbocycles. The molecule has 0 fully saturated rings. The fourth-order valence-electron chi connectivity index (χ4n) is 2.10. The molecule has 0 amide bonds. The highest BCUT2D eigenvalue weighted by Gasteiger charge is 2.39. The molecule has 1 atom stereocenters. The first kappa shape index (κ1) is 13.4. The molecule has 1 aliphatic heterocycles. The summed E-state index contributed by atoms with van der Waals surface area (Å²) in [6.45, 7) is 0. The first-order valence-electron chi connectivity index (χ1n) is 8.48. The van der Waals surface area contributed by atoms with Gasteiger partial charge in [-0.1, -0.05) is 42.5 Å². The van der Waals surface area contributed by atoms with Crippen molar-refractivity contribution < 1.29 is 30.6 Å². The minimum absolute atomic E-state index is 0.234. The Morgan fingerprint density at radius 1 is 1.24 bits per heavy atom. The van der Waals surface area contributed by atoms with Crippen molar-refractivity contribution in [3.05, 3.63) is 83.2 Å². The van der Waals surface area contributed by atoms with Gasteiger partial charge in [-0.3, -0.25) is 4.79 Å². The van der Waals surface area contributed by atoms with Crippen LogP contribution >= 0.6 is 0 Å². The molecule has 0 aromatic heterocycles. The Hall–Kier alpha value is -2.87. The molecule has 0 bridgehead atoms. The van der Waals surface area contributed by atoms with Gasteiger partial charge in [-0.15, -0.1) is 0 Å². The minimum atomic E-state index is -5.07. The summed E-state index contributed by atoms with van der Waals surface area (Å²) in [5, 5.41) is 0. The fraction of sp³-hybridized carbons (Fsp3) is 0.118.